The van der Waals surface area contributed by atoms with E-state index in [0.29, 0.717) is 6.04 Å². The first-order chi connectivity index (χ1) is 7.15. The van der Waals surface area contributed by atoms with Gasteiger partial charge in [0, 0.05) is 19.1 Å². The van der Waals surface area contributed by atoms with Crippen LogP contribution in [-0.4, -0.2) is 48.4 Å². The van der Waals surface area contributed by atoms with Crippen LogP contribution in [0.1, 0.15) is 27.2 Å². The fourth-order valence-corrected chi connectivity index (χ4v) is 1.82. The number of likely N-dealkylation sites (N-methyl/N-ethyl adjacent to an activating group) is 1. The lowest BCUT2D eigenvalue weighted by atomic mass is 10.2. The van der Waals surface area contributed by atoms with Gasteiger partial charge in [0.2, 0.25) is 5.91 Å². The van der Waals surface area contributed by atoms with Crippen molar-refractivity contribution >= 4 is 5.91 Å². The molecule has 1 atom stereocenters. The molecule has 1 saturated heterocycles. The van der Waals surface area contributed by atoms with Gasteiger partial charge in [0.1, 0.15) is 0 Å². The van der Waals surface area contributed by atoms with E-state index in [9.17, 15) is 4.79 Å². The second-order valence-electron chi connectivity index (χ2n) is 3.70. The number of nitrogens with zero attached hydrogens (tertiary/aromatic N) is 2. The topological polar surface area (TPSA) is 23.6 Å². The third kappa shape index (κ3) is 4.47. The Labute approximate surface area is 93.7 Å². The Morgan fingerprint density at radius 2 is 2.00 bits per heavy atom. The predicted molar refractivity (Wildman–Crippen MR) is 64.8 cm³/mol. The van der Waals surface area contributed by atoms with E-state index >= 15 is 0 Å². The van der Waals surface area contributed by atoms with Gasteiger partial charge in [0.15, 0.2) is 0 Å². The van der Waals surface area contributed by atoms with E-state index in [1.54, 1.807) is 0 Å². The molecule has 1 unspecified atom stereocenters. The maximum absolute atomic E-state index is 11.4. The zero-order valence-electron chi connectivity index (χ0n) is 10.5. The largest absolute Gasteiger partial charge is 0.335 e. The number of hydrogen-bond acceptors (Lipinski definition) is 2. The van der Waals surface area contributed by atoms with Crippen LogP contribution in [-0.2, 0) is 4.79 Å². The highest BCUT2D eigenvalue weighted by Crippen LogP contribution is 2.08. The molecule has 0 saturated carbocycles. The molecule has 1 amide bonds. The van der Waals surface area contributed by atoms with Gasteiger partial charge in [-0.05, 0) is 33.0 Å². The third-order valence-electron chi connectivity index (χ3n) is 2.50. The number of hydrogen-bond donors (Lipinski definition) is 0. The Morgan fingerprint density at radius 1 is 1.40 bits per heavy atom. The molecule has 0 bridgehead atoms. The second kappa shape index (κ2) is 7.46. The fraction of sp³-hybridized carbons (Fsp3) is 0.750. The van der Waals surface area contributed by atoms with Crippen molar-refractivity contribution in [1.82, 2.24) is 9.80 Å². The SMILES string of the molecule is C=CC(=O)N1CCCN(C)CC1C.CC. The lowest BCUT2D eigenvalue weighted by Crippen LogP contribution is -2.41. The van der Waals surface area contributed by atoms with Crippen LogP contribution in [0.5, 0.6) is 0 Å². The summed E-state index contributed by atoms with van der Waals surface area (Å²) in [5.74, 6) is 0.0581. The molecule has 1 fully saturated rings. The molecule has 0 aromatic carbocycles. The molecule has 3 nitrogen and oxygen atoms in total. The van der Waals surface area contributed by atoms with E-state index in [1.807, 2.05) is 18.7 Å². The number of rotatable bonds is 1. The molecular formula is C12H24N2O. The van der Waals surface area contributed by atoms with Crippen molar-refractivity contribution in [3.05, 3.63) is 12.7 Å². The summed E-state index contributed by atoms with van der Waals surface area (Å²) in [5, 5.41) is 0. The average molecular weight is 212 g/mol. The zero-order chi connectivity index (χ0) is 11.8. The van der Waals surface area contributed by atoms with E-state index in [4.69, 9.17) is 0 Å². The molecule has 15 heavy (non-hydrogen) atoms. The minimum atomic E-state index is 0.0581. The molecule has 0 aromatic rings. The van der Waals surface area contributed by atoms with Crippen LogP contribution in [0, 0.1) is 0 Å². The first-order valence-electron chi connectivity index (χ1n) is 5.76. The van der Waals surface area contributed by atoms with E-state index < -0.39 is 0 Å². The third-order valence-corrected chi connectivity index (χ3v) is 2.50. The highest BCUT2D eigenvalue weighted by atomic mass is 16.2. The van der Waals surface area contributed by atoms with Crippen LogP contribution >= 0.6 is 0 Å². The molecule has 0 radical (unpaired) electrons. The van der Waals surface area contributed by atoms with E-state index in [0.717, 1.165) is 26.1 Å². The maximum atomic E-state index is 11.4. The maximum Gasteiger partial charge on any atom is 0.246 e. The second-order valence-corrected chi connectivity index (χ2v) is 3.70. The van der Waals surface area contributed by atoms with Crippen LogP contribution in [0.4, 0.5) is 0 Å². The Bertz CT molecular complexity index is 204. The first kappa shape index (κ1) is 14.2. The van der Waals surface area contributed by atoms with Gasteiger partial charge in [-0.25, -0.2) is 0 Å². The minimum absolute atomic E-state index is 0.0581. The minimum Gasteiger partial charge on any atom is -0.335 e. The van der Waals surface area contributed by atoms with Crippen molar-refractivity contribution in [3.63, 3.8) is 0 Å². The zero-order valence-corrected chi connectivity index (χ0v) is 10.5. The molecule has 0 aliphatic carbocycles. The molecule has 88 valence electrons. The summed E-state index contributed by atoms with van der Waals surface area (Å²) in [4.78, 5) is 15.6. The van der Waals surface area contributed by atoms with Crippen LogP contribution in [0.2, 0.25) is 0 Å². The van der Waals surface area contributed by atoms with Crippen molar-refractivity contribution in [3.8, 4) is 0 Å². The van der Waals surface area contributed by atoms with Gasteiger partial charge in [-0.1, -0.05) is 20.4 Å². The molecule has 1 rings (SSSR count). The van der Waals surface area contributed by atoms with Gasteiger partial charge in [0.25, 0.3) is 0 Å². The average Bonchev–Trinajstić information content (AvgIpc) is 2.41. The van der Waals surface area contributed by atoms with Gasteiger partial charge >= 0.3 is 0 Å². The number of amides is 1. The van der Waals surface area contributed by atoms with Crippen LogP contribution < -0.4 is 0 Å². The molecule has 0 spiro atoms. The lowest BCUT2D eigenvalue weighted by molar-refractivity contribution is -0.127. The van der Waals surface area contributed by atoms with Gasteiger partial charge in [-0.3, -0.25) is 4.79 Å². The van der Waals surface area contributed by atoms with Crippen molar-refractivity contribution in [2.75, 3.05) is 26.7 Å². The molecule has 1 aliphatic heterocycles. The van der Waals surface area contributed by atoms with Crippen LogP contribution in [0.25, 0.3) is 0 Å². The summed E-state index contributed by atoms with van der Waals surface area (Å²) in [6, 6.07) is 0.304. The highest BCUT2D eigenvalue weighted by molar-refractivity contribution is 5.87. The molecule has 3 heteroatoms. The summed E-state index contributed by atoms with van der Waals surface area (Å²) in [5.41, 5.74) is 0. The van der Waals surface area contributed by atoms with Crippen LogP contribution in [0.15, 0.2) is 12.7 Å². The van der Waals surface area contributed by atoms with Gasteiger partial charge in [-0.15, -0.1) is 0 Å². The van der Waals surface area contributed by atoms with Crippen LogP contribution in [0.3, 0.4) is 0 Å². The van der Waals surface area contributed by atoms with E-state index in [2.05, 4.69) is 25.5 Å². The standard InChI is InChI=1S/C10H18N2O.C2H6/c1-4-10(13)12-7-5-6-11(3)8-9(12)2;1-2/h4,9H,1,5-8H2,2-3H3;1-2H3. The van der Waals surface area contributed by atoms with Gasteiger partial charge < -0.3 is 9.80 Å². The first-order valence-corrected chi connectivity index (χ1v) is 5.76. The van der Waals surface area contributed by atoms with Crippen molar-refractivity contribution < 1.29 is 4.79 Å². The summed E-state index contributed by atoms with van der Waals surface area (Å²) >= 11 is 0. The Balaban J connectivity index is 0.000000921. The Morgan fingerprint density at radius 3 is 2.53 bits per heavy atom. The quantitative estimate of drug-likeness (QED) is 0.618. The fourth-order valence-electron chi connectivity index (χ4n) is 1.82. The molecule has 1 aliphatic rings. The smallest absolute Gasteiger partial charge is 0.246 e. The van der Waals surface area contributed by atoms with Crippen molar-refractivity contribution in [2.45, 2.75) is 33.2 Å². The summed E-state index contributed by atoms with van der Waals surface area (Å²) < 4.78 is 0. The number of carbonyl (C=O) groups is 1. The predicted octanol–water partition coefficient (Wildman–Crippen LogP) is 1.75. The van der Waals surface area contributed by atoms with Crippen molar-refractivity contribution in [1.29, 1.82) is 0 Å². The molecule has 0 aromatic heterocycles. The number of carbonyl (C=O) groups excluding carboxylic acids is 1. The van der Waals surface area contributed by atoms with E-state index in [-0.39, 0.29) is 5.91 Å². The molecule has 1 heterocycles. The highest BCUT2D eigenvalue weighted by Gasteiger charge is 2.21. The molecule has 0 N–H and O–H groups in total. The van der Waals surface area contributed by atoms with Gasteiger partial charge in [-0.2, -0.15) is 0 Å². The summed E-state index contributed by atoms with van der Waals surface area (Å²) in [7, 11) is 2.10. The van der Waals surface area contributed by atoms with E-state index in [1.165, 1.54) is 6.08 Å². The monoisotopic (exact) mass is 212 g/mol. The van der Waals surface area contributed by atoms with Crippen molar-refractivity contribution in [2.24, 2.45) is 0 Å². The molecular weight excluding hydrogens is 188 g/mol. The normalized spacial score (nSPS) is 22.4. The summed E-state index contributed by atoms with van der Waals surface area (Å²) in [6.45, 7) is 12.5. The lowest BCUT2D eigenvalue weighted by Gasteiger charge is -2.26. The Kier molecular flexibility index (Phi) is 7.05. The van der Waals surface area contributed by atoms with Gasteiger partial charge in [0.05, 0.1) is 0 Å². The Hall–Kier alpha value is -0.830. The summed E-state index contributed by atoms with van der Waals surface area (Å²) in [6.07, 6.45) is 2.46.